The van der Waals surface area contributed by atoms with Gasteiger partial charge >= 0.3 is 0 Å². The number of rotatable bonds is 6. The van der Waals surface area contributed by atoms with Crippen LogP contribution in [0.3, 0.4) is 0 Å². The molecule has 0 spiro atoms. The summed E-state index contributed by atoms with van der Waals surface area (Å²) < 4.78 is 1.04. The Labute approximate surface area is 157 Å². The average molecular weight is 375 g/mol. The quantitative estimate of drug-likeness (QED) is 0.709. The van der Waals surface area contributed by atoms with Crippen molar-refractivity contribution in [3.05, 3.63) is 23.8 Å². The van der Waals surface area contributed by atoms with Gasteiger partial charge in [0.15, 0.2) is 5.13 Å². The molecule has 0 radical (unpaired) electrons. The van der Waals surface area contributed by atoms with Crippen LogP contribution in [0.4, 0.5) is 5.13 Å². The van der Waals surface area contributed by atoms with Gasteiger partial charge in [0.2, 0.25) is 11.8 Å². The van der Waals surface area contributed by atoms with Gasteiger partial charge < -0.3 is 20.9 Å². The maximum absolute atomic E-state index is 12.2. The zero-order valence-electron chi connectivity index (χ0n) is 15.2. The van der Waals surface area contributed by atoms with Gasteiger partial charge in [-0.25, -0.2) is 4.98 Å². The normalized spacial score (nSPS) is 15.2. The second-order valence-corrected chi connectivity index (χ2v) is 7.72. The van der Waals surface area contributed by atoms with Crippen LogP contribution in [0.25, 0.3) is 10.2 Å². The Bertz CT molecular complexity index is 785. The van der Waals surface area contributed by atoms with Crippen molar-refractivity contribution < 1.29 is 9.59 Å². The van der Waals surface area contributed by atoms with E-state index in [1.54, 1.807) is 7.05 Å². The Morgan fingerprint density at radius 2 is 2.12 bits per heavy atom. The third-order valence-corrected chi connectivity index (χ3v) is 5.41. The van der Waals surface area contributed by atoms with Gasteiger partial charge in [-0.2, -0.15) is 0 Å². The van der Waals surface area contributed by atoms with Crippen LogP contribution in [-0.2, 0) is 9.59 Å². The first-order valence-electron chi connectivity index (χ1n) is 8.86. The maximum Gasteiger partial charge on any atom is 0.245 e. The first kappa shape index (κ1) is 18.8. The van der Waals surface area contributed by atoms with E-state index in [9.17, 15) is 9.59 Å². The lowest BCUT2D eigenvalue weighted by molar-refractivity contribution is -0.132. The number of hydrogen-bond donors (Lipinski definition) is 3. The standard InChI is InChI=1S/C18H25N5O2S/c1-12-3-4-14-15(9-12)26-18(21-14)22-16(24)11-23(2)17(25)10-20-13-5-7-19-8-6-13/h3-4,9,13,19-20H,5-8,10-11H2,1-2H3,(H,21,22,24). The summed E-state index contributed by atoms with van der Waals surface area (Å²) in [6.45, 7) is 4.25. The fraction of sp³-hybridized carbons (Fsp3) is 0.500. The fourth-order valence-electron chi connectivity index (χ4n) is 2.94. The van der Waals surface area contributed by atoms with Gasteiger partial charge in [-0.3, -0.25) is 9.59 Å². The van der Waals surface area contributed by atoms with Crippen molar-refractivity contribution in [2.75, 3.05) is 38.5 Å². The lowest BCUT2D eigenvalue weighted by atomic mass is 10.1. The van der Waals surface area contributed by atoms with Crippen molar-refractivity contribution in [2.24, 2.45) is 0 Å². The van der Waals surface area contributed by atoms with E-state index in [4.69, 9.17) is 0 Å². The van der Waals surface area contributed by atoms with Crippen molar-refractivity contribution in [2.45, 2.75) is 25.8 Å². The molecule has 140 valence electrons. The number of thiazole rings is 1. The number of aryl methyl sites for hydroxylation is 1. The van der Waals surface area contributed by atoms with E-state index in [1.807, 2.05) is 25.1 Å². The number of amides is 2. The molecule has 0 bridgehead atoms. The molecule has 2 aromatic rings. The summed E-state index contributed by atoms with van der Waals surface area (Å²) in [6, 6.07) is 6.35. The molecule has 26 heavy (non-hydrogen) atoms. The van der Waals surface area contributed by atoms with Crippen molar-refractivity contribution in [3.63, 3.8) is 0 Å². The third kappa shape index (κ3) is 5.00. The largest absolute Gasteiger partial charge is 0.335 e. The van der Waals surface area contributed by atoms with Gasteiger partial charge in [0.1, 0.15) is 0 Å². The molecule has 1 aromatic carbocycles. The van der Waals surface area contributed by atoms with E-state index < -0.39 is 0 Å². The molecule has 0 aliphatic carbocycles. The van der Waals surface area contributed by atoms with Crippen molar-refractivity contribution in [3.8, 4) is 0 Å². The monoisotopic (exact) mass is 375 g/mol. The molecule has 1 aliphatic rings. The zero-order chi connectivity index (χ0) is 18.5. The van der Waals surface area contributed by atoms with E-state index >= 15 is 0 Å². The second kappa shape index (κ2) is 8.57. The summed E-state index contributed by atoms with van der Waals surface area (Å²) >= 11 is 1.44. The first-order valence-corrected chi connectivity index (χ1v) is 9.68. The molecule has 0 saturated carbocycles. The minimum absolute atomic E-state index is 0.0156. The molecule has 0 unspecified atom stereocenters. The molecule has 8 heteroatoms. The Balaban J connectivity index is 1.47. The molecule has 3 N–H and O–H groups in total. The molecule has 2 heterocycles. The number of benzene rings is 1. The number of piperidine rings is 1. The number of hydrogen-bond acceptors (Lipinski definition) is 6. The van der Waals surface area contributed by atoms with Gasteiger partial charge in [0.05, 0.1) is 23.3 Å². The minimum atomic E-state index is -0.238. The zero-order valence-corrected chi connectivity index (χ0v) is 16.0. The Morgan fingerprint density at radius 3 is 2.88 bits per heavy atom. The summed E-state index contributed by atoms with van der Waals surface area (Å²) in [7, 11) is 1.65. The molecule has 1 saturated heterocycles. The lowest BCUT2D eigenvalue weighted by Gasteiger charge is -2.24. The number of nitrogens with zero attached hydrogens (tertiary/aromatic N) is 2. The number of anilines is 1. The SMILES string of the molecule is Cc1ccc2nc(NC(=O)CN(C)C(=O)CNC3CCNCC3)sc2c1. The Hall–Kier alpha value is -2.03. The van der Waals surface area contributed by atoms with Crippen LogP contribution in [0.2, 0.25) is 0 Å². The van der Waals surface area contributed by atoms with Crippen LogP contribution in [0.15, 0.2) is 18.2 Å². The molecule has 1 aliphatic heterocycles. The molecule has 0 atom stereocenters. The fourth-order valence-corrected chi connectivity index (χ4v) is 3.92. The number of fused-ring (bicyclic) bond motifs is 1. The Kier molecular flexibility index (Phi) is 6.18. The summed E-state index contributed by atoms with van der Waals surface area (Å²) in [5.74, 6) is -0.322. The topological polar surface area (TPSA) is 86.4 Å². The van der Waals surface area contributed by atoms with E-state index in [0.717, 1.165) is 41.7 Å². The first-order chi connectivity index (χ1) is 12.5. The van der Waals surface area contributed by atoms with Crippen LogP contribution >= 0.6 is 11.3 Å². The van der Waals surface area contributed by atoms with E-state index in [2.05, 4.69) is 20.9 Å². The molecular weight excluding hydrogens is 350 g/mol. The maximum atomic E-state index is 12.2. The highest BCUT2D eigenvalue weighted by atomic mass is 32.1. The molecule has 7 nitrogen and oxygen atoms in total. The summed E-state index contributed by atoms with van der Waals surface area (Å²) in [4.78, 5) is 30.3. The van der Waals surface area contributed by atoms with Gasteiger partial charge in [0.25, 0.3) is 0 Å². The smallest absolute Gasteiger partial charge is 0.245 e. The predicted molar refractivity (Wildman–Crippen MR) is 105 cm³/mol. The molecule has 2 amide bonds. The lowest BCUT2D eigenvalue weighted by Crippen LogP contribution is -2.45. The highest BCUT2D eigenvalue weighted by Gasteiger charge is 2.17. The van der Waals surface area contributed by atoms with Gasteiger partial charge in [-0.05, 0) is 50.6 Å². The van der Waals surface area contributed by atoms with Crippen molar-refractivity contribution >= 4 is 38.5 Å². The molecular formula is C18H25N5O2S. The number of nitrogens with one attached hydrogen (secondary N) is 3. The van der Waals surface area contributed by atoms with Crippen LogP contribution < -0.4 is 16.0 Å². The highest BCUT2D eigenvalue weighted by Crippen LogP contribution is 2.26. The Morgan fingerprint density at radius 1 is 1.35 bits per heavy atom. The summed E-state index contributed by atoms with van der Waals surface area (Å²) in [6.07, 6.45) is 2.04. The van der Waals surface area contributed by atoms with Gasteiger partial charge in [-0.15, -0.1) is 0 Å². The van der Waals surface area contributed by atoms with Crippen molar-refractivity contribution in [1.29, 1.82) is 0 Å². The predicted octanol–water partition coefficient (Wildman–Crippen LogP) is 1.34. The molecule has 1 aromatic heterocycles. The van der Waals surface area contributed by atoms with Crippen LogP contribution in [-0.4, -0.2) is 61.0 Å². The van der Waals surface area contributed by atoms with Gasteiger partial charge in [0, 0.05) is 13.1 Å². The average Bonchev–Trinajstić information content (AvgIpc) is 3.01. The van der Waals surface area contributed by atoms with Crippen LogP contribution in [0.5, 0.6) is 0 Å². The molecule has 3 rings (SSSR count). The highest BCUT2D eigenvalue weighted by molar-refractivity contribution is 7.22. The number of likely N-dealkylation sites (N-methyl/N-ethyl adjacent to an activating group) is 1. The van der Waals surface area contributed by atoms with Crippen LogP contribution in [0.1, 0.15) is 18.4 Å². The van der Waals surface area contributed by atoms with E-state index in [0.29, 0.717) is 11.2 Å². The second-order valence-electron chi connectivity index (χ2n) is 6.69. The molecule has 1 fully saturated rings. The van der Waals surface area contributed by atoms with Crippen LogP contribution in [0, 0.1) is 6.92 Å². The summed E-state index contributed by atoms with van der Waals surface area (Å²) in [5.41, 5.74) is 2.03. The van der Waals surface area contributed by atoms with Crippen molar-refractivity contribution in [1.82, 2.24) is 20.5 Å². The van der Waals surface area contributed by atoms with Gasteiger partial charge in [-0.1, -0.05) is 17.4 Å². The number of aromatic nitrogens is 1. The third-order valence-electron chi connectivity index (χ3n) is 4.48. The van der Waals surface area contributed by atoms with E-state index in [1.165, 1.54) is 16.2 Å². The number of carbonyl (C=O) groups excluding carboxylic acids is 2. The summed E-state index contributed by atoms with van der Waals surface area (Å²) in [5, 5.41) is 9.92. The number of carbonyl (C=O) groups is 2. The van der Waals surface area contributed by atoms with E-state index in [-0.39, 0.29) is 24.9 Å². The minimum Gasteiger partial charge on any atom is -0.335 e.